The molecule has 0 unspecified atom stereocenters. The van der Waals surface area contributed by atoms with Crippen molar-refractivity contribution >= 4 is 16.6 Å². The lowest BCUT2D eigenvalue weighted by atomic mass is 9.84. The Morgan fingerprint density at radius 2 is 2.00 bits per heavy atom. The number of aromatic nitrogens is 1. The Balaban J connectivity index is 2.04. The van der Waals surface area contributed by atoms with Gasteiger partial charge in [0.1, 0.15) is 11.4 Å². The summed E-state index contributed by atoms with van der Waals surface area (Å²) >= 11 is 0. The van der Waals surface area contributed by atoms with Crippen LogP contribution in [-0.2, 0) is 0 Å². The average Bonchev–Trinajstić information content (AvgIpc) is 2.99. The molecule has 2 heterocycles. The molecule has 2 aliphatic rings. The number of phenolic OH excluding ortho intramolecular Hbond substituents is 1. The SMILES string of the molecule is O=C1c2cc(O)ccc2-c2c3c(cc4ccnc1c24)OCO3. The summed E-state index contributed by atoms with van der Waals surface area (Å²) in [5, 5.41) is 11.4. The van der Waals surface area contributed by atoms with Crippen molar-refractivity contribution in [1.29, 1.82) is 0 Å². The zero-order valence-corrected chi connectivity index (χ0v) is 11.3. The Hall–Kier alpha value is -3.08. The number of benzene rings is 2. The van der Waals surface area contributed by atoms with Gasteiger partial charge in [-0.2, -0.15) is 0 Å². The Bertz CT molecular complexity index is 994. The lowest BCUT2D eigenvalue weighted by Gasteiger charge is -2.20. The van der Waals surface area contributed by atoms with E-state index in [2.05, 4.69) is 4.98 Å². The molecule has 1 aromatic heterocycles. The van der Waals surface area contributed by atoms with E-state index in [4.69, 9.17) is 9.47 Å². The van der Waals surface area contributed by atoms with Crippen LogP contribution in [0.25, 0.3) is 21.9 Å². The Labute approximate surface area is 124 Å². The number of aromatic hydroxyl groups is 1. The van der Waals surface area contributed by atoms with Crippen molar-refractivity contribution in [3.8, 4) is 28.4 Å². The quantitative estimate of drug-likeness (QED) is 0.539. The second-order valence-electron chi connectivity index (χ2n) is 5.30. The van der Waals surface area contributed by atoms with Gasteiger partial charge in [0.05, 0.1) is 0 Å². The number of hydrogen-bond donors (Lipinski definition) is 1. The monoisotopic (exact) mass is 291 g/mol. The summed E-state index contributed by atoms with van der Waals surface area (Å²) in [6, 6.07) is 8.48. The maximum Gasteiger partial charge on any atom is 0.231 e. The van der Waals surface area contributed by atoms with Gasteiger partial charge in [-0.1, -0.05) is 0 Å². The molecular weight excluding hydrogens is 282 g/mol. The van der Waals surface area contributed by atoms with E-state index < -0.39 is 0 Å². The van der Waals surface area contributed by atoms with Crippen LogP contribution in [-0.4, -0.2) is 22.7 Å². The molecule has 0 bridgehead atoms. The van der Waals surface area contributed by atoms with E-state index in [1.165, 1.54) is 6.07 Å². The van der Waals surface area contributed by atoms with Gasteiger partial charge in [-0.3, -0.25) is 9.78 Å². The highest BCUT2D eigenvalue weighted by Gasteiger charge is 2.32. The van der Waals surface area contributed by atoms with Crippen molar-refractivity contribution in [2.75, 3.05) is 6.79 Å². The summed E-state index contributed by atoms with van der Waals surface area (Å²) in [7, 11) is 0. The maximum absolute atomic E-state index is 12.7. The molecule has 1 aliphatic carbocycles. The van der Waals surface area contributed by atoms with E-state index in [9.17, 15) is 9.90 Å². The van der Waals surface area contributed by atoms with Crippen molar-refractivity contribution in [2.45, 2.75) is 0 Å². The normalized spacial score (nSPS) is 14.3. The molecule has 5 heteroatoms. The van der Waals surface area contributed by atoms with Crippen LogP contribution in [0.5, 0.6) is 17.2 Å². The number of nitrogens with zero attached hydrogens (tertiary/aromatic N) is 1. The zero-order valence-electron chi connectivity index (χ0n) is 11.3. The maximum atomic E-state index is 12.7. The summed E-state index contributed by atoms with van der Waals surface area (Å²) in [6.07, 6.45) is 1.61. The number of hydrogen-bond acceptors (Lipinski definition) is 5. The Morgan fingerprint density at radius 1 is 1.09 bits per heavy atom. The van der Waals surface area contributed by atoms with Crippen molar-refractivity contribution in [1.82, 2.24) is 4.98 Å². The molecule has 1 N–H and O–H groups in total. The minimum atomic E-state index is -0.192. The molecule has 5 rings (SSSR count). The van der Waals surface area contributed by atoms with Crippen molar-refractivity contribution in [3.63, 3.8) is 0 Å². The zero-order chi connectivity index (χ0) is 14.8. The number of rotatable bonds is 0. The number of phenols is 1. The van der Waals surface area contributed by atoms with Gasteiger partial charge in [0.2, 0.25) is 12.6 Å². The van der Waals surface area contributed by atoms with Gasteiger partial charge in [0.15, 0.2) is 11.5 Å². The van der Waals surface area contributed by atoms with Gasteiger partial charge < -0.3 is 14.6 Å². The first-order chi connectivity index (χ1) is 10.7. The van der Waals surface area contributed by atoms with E-state index >= 15 is 0 Å². The summed E-state index contributed by atoms with van der Waals surface area (Å²) in [6.45, 7) is 0.156. The van der Waals surface area contributed by atoms with Gasteiger partial charge in [-0.25, -0.2) is 0 Å². The summed E-state index contributed by atoms with van der Waals surface area (Å²) in [5.74, 6) is 1.14. The summed E-state index contributed by atoms with van der Waals surface area (Å²) in [5.41, 5.74) is 2.35. The van der Waals surface area contributed by atoms with Crippen LogP contribution in [0.1, 0.15) is 16.1 Å². The van der Waals surface area contributed by atoms with E-state index in [0.29, 0.717) is 22.8 Å². The van der Waals surface area contributed by atoms with Crippen LogP contribution >= 0.6 is 0 Å². The molecule has 0 saturated heterocycles. The number of fused-ring (bicyclic) bond motifs is 4. The van der Waals surface area contributed by atoms with Crippen LogP contribution in [0.3, 0.4) is 0 Å². The molecule has 2 aromatic carbocycles. The predicted octanol–water partition coefficient (Wildman–Crippen LogP) is 2.88. The lowest BCUT2D eigenvalue weighted by Crippen LogP contribution is -2.12. The minimum Gasteiger partial charge on any atom is -0.508 e. The average molecular weight is 291 g/mol. The fourth-order valence-electron chi connectivity index (χ4n) is 3.20. The molecule has 0 fully saturated rings. The molecule has 0 spiro atoms. The minimum absolute atomic E-state index is 0.0486. The van der Waals surface area contributed by atoms with Gasteiger partial charge in [-0.05, 0) is 41.3 Å². The third-order valence-corrected chi connectivity index (χ3v) is 4.12. The van der Waals surface area contributed by atoms with Gasteiger partial charge in [0.25, 0.3) is 0 Å². The highest BCUT2D eigenvalue weighted by Crippen LogP contribution is 2.50. The van der Waals surface area contributed by atoms with Crippen LogP contribution < -0.4 is 9.47 Å². The standard InChI is InChI=1S/C17H9NO4/c19-9-1-2-10-11(6-9)16(20)15-13-8(3-4-18-15)5-12-17(14(10)13)22-7-21-12/h1-6,19H,7H2. The van der Waals surface area contributed by atoms with Gasteiger partial charge in [0, 0.05) is 22.7 Å². The molecule has 0 amide bonds. The molecular formula is C17H9NO4. The number of carbonyl (C=O) groups excluding carboxylic acids is 1. The molecule has 0 saturated carbocycles. The largest absolute Gasteiger partial charge is 0.508 e. The van der Waals surface area contributed by atoms with Crippen LogP contribution in [0.4, 0.5) is 0 Å². The van der Waals surface area contributed by atoms with E-state index in [0.717, 1.165) is 21.9 Å². The van der Waals surface area contributed by atoms with E-state index in [1.807, 2.05) is 12.1 Å². The molecule has 5 nitrogen and oxygen atoms in total. The van der Waals surface area contributed by atoms with E-state index in [-0.39, 0.29) is 18.3 Å². The predicted molar refractivity (Wildman–Crippen MR) is 78.4 cm³/mol. The smallest absolute Gasteiger partial charge is 0.231 e. The Kier molecular flexibility index (Phi) is 1.98. The summed E-state index contributed by atoms with van der Waals surface area (Å²) in [4.78, 5) is 16.9. The third kappa shape index (κ3) is 1.28. The topological polar surface area (TPSA) is 68.7 Å². The first kappa shape index (κ1) is 11.6. The van der Waals surface area contributed by atoms with Crippen LogP contribution in [0.2, 0.25) is 0 Å². The van der Waals surface area contributed by atoms with Gasteiger partial charge in [-0.15, -0.1) is 0 Å². The lowest BCUT2D eigenvalue weighted by molar-refractivity contribution is 0.103. The number of ether oxygens (including phenoxy) is 2. The van der Waals surface area contributed by atoms with E-state index in [1.54, 1.807) is 18.3 Å². The number of pyridine rings is 1. The highest BCUT2D eigenvalue weighted by molar-refractivity contribution is 6.26. The van der Waals surface area contributed by atoms with Gasteiger partial charge >= 0.3 is 0 Å². The van der Waals surface area contributed by atoms with Crippen LogP contribution in [0, 0.1) is 0 Å². The first-order valence-electron chi connectivity index (χ1n) is 6.83. The molecule has 0 radical (unpaired) electrons. The molecule has 1 aliphatic heterocycles. The van der Waals surface area contributed by atoms with Crippen molar-refractivity contribution in [2.24, 2.45) is 0 Å². The summed E-state index contributed by atoms with van der Waals surface area (Å²) < 4.78 is 11.1. The highest BCUT2D eigenvalue weighted by atomic mass is 16.7. The second kappa shape index (κ2) is 3.76. The van der Waals surface area contributed by atoms with Crippen molar-refractivity contribution in [3.05, 3.63) is 47.8 Å². The molecule has 22 heavy (non-hydrogen) atoms. The molecule has 3 aromatic rings. The fraction of sp³-hybridized carbons (Fsp3) is 0.0588. The molecule has 106 valence electrons. The number of ketones is 1. The van der Waals surface area contributed by atoms with Crippen molar-refractivity contribution < 1.29 is 19.4 Å². The molecule has 0 atom stereocenters. The number of carbonyl (C=O) groups is 1. The second-order valence-corrected chi connectivity index (χ2v) is 5.30. The fourth-order valence-corrected chi connectivity index (χ4v) is 3.20. The third-order valence-electron chi connectivity index (χ3n) is 4.12. The van der Waals surface area contributed by atoms with Crippen LogP contribution in [0.15, 0.2) is 36.5 Å². The Morgan fingerprint density at radius 3 is 2.91 bits per heavy atom. The first-order valence-corrected chi connectivity index (χ1v) is 6.83.